The molecule has 1 amide bonds. The lowest BCUT2D eigenvalue weighted by atomic mass is 10.1. The number of ketones is 1. The van der Waals surface area contributed by atoms with E-state index in [1.165, 1.54) is 39.9 Å². The van der Waals surface area contributed by atoms with Gasteiger partial charge in [0.25, 0.3) is 15.9 Å². The molecule has 1 aromatic carbocycles. The molecule has 1 aliphatic heterocycles. The van der Waals surface area contributed by atoms with Crippen molar-refractivity contribution >= 4 is 50.3 Å². The number of piperidine rings is 1. The molecule has 0 spiro atoms. The van der Waals surface area contributed by atoms with Crippen molar-refractivity contribution < 1.29 is 18.0 Å². The summed E-state index contributed by atoms with van der Waals surface area (Å²) in [7, 11) is -3.83. The second-order valence-corrected chi connectivity index (χ2v) is 9.30. The van der Waals surface area contributed by atoms with Crippen LogP contribution in [-0.2, 0) is 14.8 Å². The molecule has 1 aliphatic rings. The van der Waals surface area contributed by atoms with Crippen molar-refractivity contribution in [2.75, 3.05) is 23.9 Å². The Bertz CT molecular complexity index is 944. The molecule has 144 valence electrons. The molecule has 1 fully saturated rings. The first-order valence-electron chi connectivity index (χ1n) is 8.51. The van der Waals surface area contributed by atoms with Gasteiger partial charge in [-0.1, -0.05) is 11.6 Å². The molecule has 9 heteroatoms. The molecule has 0 saturated carbocycles. The van der Waals surface area contributed by atoms with E-state index >= 15 is 0 Å². The fraction of sp³-hybridized carbons (Fsp3) is 0.333. The number of Topliss-reactive ketones (excluding diaryl/α,β-unsaturated/α-hetero) is 1. The van der Waals surface area contributed by atoms with Gasteiger partial charge in [0.05, 0.1) is 10.6 Å². The summed E-state index contributed by atoms with van der Waals surface area (Å²) in [5.74, 6) is -0.0942. The predicted octanol–water partition coefficient (Wildman–Crippen LogP) is 3.42. The highest BCUT2D eigenvalue weighted by atomic mass is 35.5. The summed E-state index contributed by atoms with van der Waals surface area (Å²) in [6, 6.07) is 7.58. The van der Waals surface area contributed by atoms with Gasteiger partial charge >= 0.3 is 0 Å². The van der Waals surface area contributed by atoms with E-state index in [2.05, 4.69) is 0 Å². The van der Waals surface area contributed by atoms with Crippen LogP contribution in [0, 0.1) is 0 Å². The van der Waals surface area contributed by atoms with Crippen molar-refractivity contribution in [1.82, 2.24) is 4.90 Å². The zero-order valence-corrected chi connectivity index (χ0v) is 17.1. The normalized spacial score (nSPS) is 15.0. The van der Waals surface area contributed by atoms with Crippen LogP contribution in [0.2, 0.25) is 5.02 Å². The molecular formula is C18H19ClN2O4S2. The van der Waals surface area contributed by atoms with E-state index in [9.17, 15) is 18.0 Å². The summed E-state index contributed by atoms with van der Waals surface area (Å²) in [4.78, 5) is 26.4. The quantitative estimate of drug-likeness (QED) is 0.734. The number of hydrogen-bond donors (Lipinski definition) is 0. The van der Waals surface area contributed by atoms with Gasteiger partial charge in [-0.3, -0.25) is 13.9 Å². The van der Waals surface area contributed by atoms with Crippen LogP contribution >= 0.6 is 22.9 Å². The van der Waals surface area contributed by atoms with E-state index in [1.54, 1.807) is 23.3 Å². The zero-order valence-electron chi connectivity index (χ0n) is 14.7. The Hall–Kier alpha value is -1.90. The topological polar surface area (TPSA) is 74.8 Å². The van der Waals surface area contributed by atoms with Gasteiger partial charge in [-0.2, -0.15) is 0 Å². The number of benzene rings is 1. The Labute approximate surface area is 167 Å². The van der Waals surface area contributed by atoms with Crippen molar-refractivity contribution in [2.24, 2.45) is 0 Å². The van der Waals surface area contributed by atoms with Crippen LogP contribution in [0.5, 0.6) is 0 Å². The maximum Gasteiger partial charge on any atom is 0.266 e. The van der Waals surface area contributed by atoms with Crippen molar-refractivity contribution in [2.45, 2.75) is 24.7 Å². The molecular weight excluding hydrogens is 408 g/mol. The van der Waals surface area contributed by atoms with Crippen LogP contribution in [-0.4, -0.2) is 44.6 Å². The number of hydrogen-bond acceptors (Lipinski definition) is 5. The third kappa shape index (κ3) is 4.02. The van der Waals surface area contributed by atoms with E-state index in [1.807, 2.05) is 0 Å². The van der Waals surface area contributed by atoms with Crippen LogP contribution in [0.3, 0.4) is 0 Å². The summed E-state index contributed by atoms with van der Waals surface area (Å²) in [6.07, 6.45) is 0.681. The second-order valence-electron chi connectivity index (χ2n) is 6.09. The smallest absolute Gasteiger partial charge is 0.266 e. The minimum atomic E-state index is -3.83. The van der Waals surface area contributed by atoms with Crippen LogP contribution in [0.25, 0.3) is 0 Å². The maximum atomic E-state index is 13.1. The highest BCUT2D eigenvalue weighted by molar-refractivity contribution is 7.92. The van der Waals surface area contributed by atoms with Crippen LogP contribution < -0.4 is 4.31 Å². The third-order valence-electron chi connectivity index (χ3n) is 4.40. The molecule has 0 radical (unpaired) electrons. The monoisotopic (exact) mass is 426 g/mol. The molecule has 0 bridgehead atoms. The summed E-state index contributed by atoms with van der Waals surface area (Å²) in [6.45, 7) is 2.63. The van der Waals surface area contributed by atoms with Gasteiger partial charge < -0.3 is 4.90 Å². The molecule has 0 aliphatic carbocycles. The number of rotatable bonds is 5. The van der Waals surface area contributed by atoms with Crippen LogP contribution in [0.4, 0.5) is 5.69 Å². The summed E-state index contributed by atoms with van der Waals surface area (Å²) >= 11 is 7.06. The molecule has 0 N–H and O–H groups in total. The van der Waals surface area contributed by atoms with E-state index in [0.717, 1.165) is 0 Å². The molecule has 0 atom stereocenters. The van der Waals surface area contributed by atoms with Crippen LogP contribution in [0.1, 0.15) is 29.4 Å². The van der Waals surface area contributed by atoms with E-state index in [4.69, 9.17) is 11.6 Å². The lowest BCUT2D eigenvalue weighted by Gasteiger charge is -2.28. The van der Waals surface area contributed by atoms with Crippen molar-refractivity contribution in [1.29, 1.82) is 0 Å². The lowest BCUT2D eigenvalue weighted by Crippen LogP contribution is -2.39. The van der Waals surface area contributed by atoms with Crippen LogP contribution in [0.15, 0.2) is 40.6 Å². The molecule has 3 rings (SSSR count). The molecule has 27 heavy (non-hydrogen) atoms. The molecule has 2 heterocycles. The molecule has 6 nitrogen and oxygen atoms in total. The Morgan fingerprint density at radius 1 is 1.19 bits per heavy atom. The lowest BCUT2D eigenvalue weighted by molar-refractivity contribution is -0.120. The number of thiophene rings is 1. The first-order valence-corrected chi connectivity index (χ1v) is 11.2. The summed E-state index contributed by atoms with van der Waals surface area (Å²) < 4.78 is 27.4. The molecule has 0 unspecified atom stereocenters. The van der Waals surface area contributed by atoms with Gasteiger partial charge in [0.15, 0.2) is 0 Å². The first-order chi connectivity index (χ1) is 12.8. The van der Waals surface area contributed by atoms with E-state index in [0.29, 0.717) is 41.5 Å². The van der Waals surface area contributed by atoms with Crippen molar-refractivity contribution in [3.8, 4) is 0 Å². The highest BCUT2D eigenvalue weighted by Gasteiger charge is 2.31. The average molecular weight is 427 g/mol. The third-order valence-corrected chi connectivity index (χ3v) is 7.45. The van der Waals surface area contributed by atoms with Gasteiger partial charge in [-0.15, -0.1) is 11.3 Å². The summed E-state index contributed by atoms with van der Waals surface area (Å²) in [5, 5.41) is 2.15. The molecule has 2 aromatic rings. The fourth-order valence-electron chi connectivity index (χ4n) is 2.97. The largest absolute Gasteiger partial charge is 0.337 e. The highest BCUT2D eigenvalue weighted by Crippen LogP contribution is 2.32. The van der Waals surface area contributed by atoms with Gasteiger partial charge in [0, 0.05) is 37.5 Å². The molecule has 1 saturated heterocycles. The number of amides is 1. The minimum absolute atomic E-state index is 0.113. The average Bonchev–Trinajstić information content (AvgIpc) is 3.11. The second kappa shape index (κ2) is 8.00. The number of carbonyl (C=O) groups excluding carboxylic acids is 2. The number of anilines is 1. The first kappa shape index (κ1) is 19.9. The predicted molar refractivity (Wildman–Crippen MR) is 106 cm³/mol. The number of sulfonamides is 1. The van der Waals surface area contributed by atoms with Gasteiger partial charge in [-0.05, 0) is 42.6 Å². The fourth-order valence-corrected chi connectivity index (χ4v) is 5.50. The number of carbonyl (C=O) groups is 2. The van der Waals surface area contributed by atoms with E-state index in [-0.39, 0.29) is 23.1 Å². The van der Waals surface area contributed by atoms with E-state index < -0.39 is 10.0 Å². The standard InChI is InChI=1S/C18H19ClN2O4S2/c1-2-21(27(24,25)15-5-3-13(19)4-6-15)16-9-12-26-17(16)18(23)20-10-7-14(22)8-11-20/h3-6,9,12H,2,7-8,10-11H2,1H3. The van der Waals surface area contributed by atoms with Gasteiger partial charge in [-0.25, -0.2) is 8.42 Å². The SMILES string of the molecule is CCN(c1ccsc1C(=O)N1CCC(=O)CC1)S(=O)(=O)c1ccc(Cl)cc1. The summed E-state index contributed by atoms with van der Waals surface area (Å²) in [5.41, 5.74) is 0.361. The number of likely N-dealkylation sites (tertiary alicyclic amines) is 1. The number of halogens is 1. The van der Waals surface area contributed by atoms with Crippen molar-refractivity contribution in [3.63, 3.8) is 0 Å². The number of nitrogens with zero attached hydrogens (tertiary/aromatic N) is 2. The van der Waals surface area contributed by atoms with Crippen molar-refractivity contribution in [3.05, 3.63) is 45.6 Å². The maximum absolute atomic E-state index is 13.1. The Morgan fingerprint density at radius 2 is 1.81 bits per heavy atom. The Morgan fingerprint density at radius 3 is 2.41 bits per heavy atom. The Balaban J connectivity index is 1.93. The Kier molecular flexibility index (Phi) is 5.88. The molecule has 1 aromatic heterocycles. The minimum Gasteiger partial charge on any atom is -0.337 e. The van der Waals surface area contributed by atoms with Gasteiger partial charge in [0.1, 0.15) is 10.7 Å². The zero-order chi connectivity index (χ0) is 19.6. The van der Waals surface area contributed by atoms with Gasteiger partial charge in [0.2, 0.25) is 0 Å².